The van der Waals surface area contributed by atoms with Crippen molar-refractivity contribution < 1.29 is 57.6 Å². The molecule has 21 heteroatoms. The summed E-state index contributed by atoms with van der Waals surface area (Å²) in [4.78, 5) is 100. The first kappa shape index (κ1) is 59.0. The fraction of sp³-hybridized carbons (Fsp3) is 0.509. The minimum atomic E-state index is -1.01. The number of aliphatic hydroxyl groups excluding tert-OH is 1. The maximum absolute atomic E-state index is 14.1. The van der Waals surface area contributed by atoms with Crippen LogP contribution in [0.3, 0.4) is 0 Å². The number of esters is 1. The number of anilines is 1. The number of β-amino-alcohol motifs (C(OH)–C–C–N with tert-alkyl or cyclic N) is 1. The molecule has 0 bridgehead atoms. The molecule has 4 heterocycles. The number of amides is 6. The van der Waals surface area contributed by atoms with E-state index in [4.69, 9.17) is 30.4 Å². The fourth-order valence-electron chi connectivity index (χ4n) is 10.1. The number of likely N-dealkylation sites (tertiary alicyclic amines) is 1. The first-order chi connectivity index (χ1) is 37.2. The van der Waals surface area contributed by atoms with Crippen molar-refractivity contribution in [2.45, 2.75) is 148 Å². The molecule has 1 aromatic heterocycles. The van der Waals surface area contributed by atoms with Crippen molar-refractivity contribution in [3.05, 3.63) is 106 Å². The largest absolute Gasteiger partial charge is 0.458 e. The molecule has 0 aliphatic carbocycles. The van der Waals surface area contributed by atoms with Crippen molar-refractivity contribution >= 4 is 58.4 Å². The molecule has 1 unspecified atom stereocenters. The summed E-state index contributed by atoms with van der Waals surface area (Å²) in [6.07, 6.45) is -0.128. The lowest BCUT2D eigenvalue weighted by molar-refractivity contribution is -0.147. The van der Waals surface area contributed by atoms with Gasteiger partial charge in [-0.2, -0.15) is 0 Å². The second kappa shape index (κ2) is 26.8. The zero-order valence-corrected chi connectivity index (χ0v) is 46.1. The van der Waals surface area contributed by atoms with Gasteiger partial charge in [-0.25, -0.2) is 4.98 Å². The average Bonchev–Trinajstić information content (AvgIpc) is 4.30. The summed E-state index contributed by atoms with van der Waals surface area (Å²) < 4.78 is 23.2. The molecule has 78 heavy (non-hydrogen) atoms. The quantitative estimate of drug-likeness (QED) is 0.0407. The van der Waals surface area contributed by atoms with E-state index in [9.17, 15) is 38.7 Å². The van der Waals surface area contributed by atoms with Crippen LogP contribution in [0.2, 0.25) is 0 Å². The van der Waals surface area contributed by atoms with Crippen LogP contribution in [0.5, 0.6) is 0 Å². The number of nitrogens with one attached hydrogen (secondary N) is 3. The van der Waals surface area contributed by atoms with E-state index in [2.05, 4.69) is 20.9 Å². The van der Waals surface area contributed by atoms with Gasteiger partial charge in [0.05, 0.1) is 65.9 Å². The van der Waals surface area contributed by atoms with Gasteiger partial charge < -0.3 is 56.4 Å². The number of aromatic nitrogens is 1. The van der Waals surface area contributed by atoms with E-state index in [1.807, 2.05) is 82.3 Å². The van der Waals surface area contributed by atoms with Crippen molar-refractivity contribution in [3.63, 3.8) is 0 Å². The predicted octanol–water partition coefficient (Wildman–Crippen LogP) is 3.84. The van der Waals surface area contributed by atoms with E-state index in [1.165, 1.54) is 16.7 Å². The standard InChI is InChI=1S/C57H74N8O12S/c1-33-51(78-32-61-33)39-18-16-37(17-19-39)28-60-53(70)45-26-41(67)29-64(45)56(73)52(57(4,5)6)63-49(69)31-75-24-23-74-22-8-9-36-12-14-38(15-13-36)30-76-34(2)44(20-21-48(59)68)62-54(71)46-25-40-10-7-11-42-47(77-35(3)66)27-43(58)55(72)65(46)50(40)42/h7,10-19,32,34,41,43-47,52,67H,8-9,20-31,58H2,1-6H3,(H2,59,68)(H,60,70)(H,62,71)(H,63,69)/t34-,41-,43+,44+,45+,46+,47?,52-/m1/s1. The summed E-state index contributed by atoms with van der Waals surface area (Å²) in [6.45, 7) is 11.5. The third-order valence-electron chi connectivity index (χ3n) is 14.3. The molecule has 8 atom stereocenters. The molecule has 3 aliphatic heterocycles. The first-order valence-electron chi connectivity index (χ1n) is 26.5. The number of carbonyl (C=O) groups is 7. The number of hydrogen-bond donors (Lipinski definition) is 6. The Morgan fingerprint density at radius 1 is 0.897 bits per heavy atom. The summed E-state index contributed by atoms with van der Waals surface area (Å²) in [5.41, 5.74) is 19.7. The molecule has 4 aromatic rings. The highest BCUT2D eigenvalue weighted by atomic mass is 32.1. The van der Waals surface area contributed by atoms with Gasteiger partial charge in [0.1, 0.15) is 30.8 Å². The lowest BCUT2D eigenvalue weighted by Gasteiger charge is -2.35. The minimum absolute atomic E-state index is 0.000496. The molecular weight excluding hydrogens is 1020 g/mol. The molecule has 1 fully saturated rings. The Morgan fingerprint density at radius 3 is 2.28 bits per heavy atom. The van der Waals surface area contributed by atoms with Crippen LogP contribution in [0.25, 0.3) is 10.4 Å². The van der Waals surface area contributed by atoms with Crippen LogP contribution in [0.1, 0.15) is 106 Å². The molecule has 0 spiro atoms. The zero-order chi connectivity index (χ0) is 56.3. The SMILES string of the molecule is CC(=O)OC1C[C@H](N)C(=O)N2c3c(cccc31)C[C@H]2C(=O)N[C@@H](CCC(N)=O)[C@@H](C)OCc1ccc(CCCOCCOCC(=O)N[C@H](C(=O)N2C[C@H](O)C[C@H]2C(=O)NCc2ccc(-c3scnc3C)cc2)C(C)(C)C)cc1. The fourth-order valence-corrected chi connectivity index (χ4v) is 10.9. The van der Waals surface area contributed by atoms with E-state index in [0.717, 1.165) is 51.2 Å². The molecule has 7 rings (SSSR count). The number of ether oxygens (including phenoxy) is 4. The second-order valence-corrected chi connectivity index (χ2v) is 22.2. The van der Waals surface area contributed by atoms with Gasteiger partial charge in [-0.1, -0.05) is 87.5 Å². The zero-order valence-electron chi connectivity index (χ0n) is 45.3. The number of nitrogens with zero attached hydrogens (tertiary/aromatic N) is 3. The Kier molecular flexibility index (Phi) is 20.3. The average molecular weight is 1100 g/mol. The van der Waals surface area contributed by atoms with Crippen molar-refractivity contribution in [1.82, 2.24) is 25.8 Å². The lowest BCUT2D eigenvalue weighted by Crippen LogP contribution is -2.58. The van der Waals surface area contributed by atoms with Crippen molar-refractivity contribution in [2.75, 3.05) is 37.9 Å². The van der Waals surface area contributed by atoms with Crippen LogP contribution >= 0.6 is 11.3 Å². The maximum Gasteiger partial charge on any atom is 0.303 e. The molecule has 420 valence electrons. The van der Waals surface area contributed by atoms with Crippen LogP contribution < -0.4 is 32.3 Å². The number of hydrogen-bond acceptors (Lipinski definition) is 15. The van der Waals surface area contributed by atoms with Gasteiger partial charge in [-0.05, 0) is 66.3 Å². The van der Waals surface area contributed by atoms with Crippen LogP contribution in [-0.4, -0.2) is 132 Å². The van der Waals surface area contributed by atoms with Crippen LogP contribution in [0, 0.1) is 12.3 Å². The van der Waals surface area contributed by atoms with Gasteiger partial charge in [0.2, 0.25) is 35.4 Å². The minimum Gasteiger partial charge on any atom is -0.458 e. The number of aryl methyl sites for hydroxylation is 2. The predicted molar refractivity (Wildman–Crippen MR) is 291 cm³/mol. The van der Waals surface area contributed by atoms with Crippen LogP contribution in [0.15, 0.2) is 72.2 Å². The Bertz CT molecular complexity index is 2770. The van der Waals surface area contributed by atoms with E-state index >= 15 is 0 Å². The van der Waals surface area contributed by atoms with Gasteiger partial charge in [0.15, 0.2) is 0 Å². The topological polar surface area (TPSA) is 284 Å². The number of rotatable bonds is 25. The number of primary amides is 1. The lowest BCUT2D eigenvalue weighted by atomic mass is 9.85. The van der Waals surface area contributed by atoms with Gasteiger partial charge in [-0.3, -0.25) is 38.5 Å². The summed E-state index contributed by atoms with van der Waals surface area (Å²) >= 11 is 1.56. The van der Waals surface area contributed by atoms with E-state index in [1.54, 1.807) is 35.9 Å². The number of para-hydroxylation sites is 1. The number of thiazole rings is 1. The summed E-state index contributed by atoms with van der Waals surface area (Å²) in [5.74, 6) is -3.26. The van der Waals surface area contributed by atoms with Crippen LogP contribution in [0.4, 0.5) is 5.69 Å². The normalized spacial score (nSPS) is 20.1. The van der Waals surface area contributed by atoms with Gasteiger partial charge >= 0.3 is 5.97 Å². The van der Waals surface area contributed by atoms with Gasteiger partial charge in [0.25, 0.3) is 0 Å². The highest BCUT2D eigenvalue weighted by Gasteiger charge is 2.47. The molecule has 0 radical (unpaired) electrons. The van der Waals surface area contributed by atoms with Crippen LogP contribution in [-0.2, 0) is 78.5 Å². The summed E-state index contributed by atoms with van der Waals surface area (Å²) in [6, 6.07) is 16.7. The van der Waals surface area contributed by atoms with E-state index in [-0.39, 0.29) is 77.5 Å². The highest BCUT2D eigenvalue weighted by molar-refractivity contribution is 7.13. The summed E-state index contributed by atoms with van der Waals surface area (Å²) in [5, 5.41) is 19.3. The Hall–Kier alpha value is -6.62. The molecule has 0 saturated carbocycles. The molecule has 6 amide bonds. The van der Waals surface area contributed by atoms with Crippen molar-refractivity contribution in [2.24, 2.45) is 16.9 Å². The molecule has 1 saturated heterocycles. The third kappa shape index (κ3) is 15.3. The number of carbonyl (C=O) groups excluding carboxylic acids is 7. The second-order valence-electron chi connectivity index (χ2n) is 21.4. The first-order valence-corrected chi connectivity index (χ1v) is 27.4. The number of nitrogens with two attached hydrogens (primary N) is 2. The third-order valence-corrected chi connectivity index (χ3v) is 15.3. The summed E-state index contributed by atoms with van der Waals surface area (Å²) in [7, 11) is 0. The Morgan fingerprint density at radius 2 is 1.60 bits per heavy atom. The smallest absolute Gasteiger partial charge is 0.303 e. The van der Waals surface area contributed by atoms with Crippen molar-refractivity contribution in [1.29, 1.82) is 0 Å². The monoisotopic (exact) mass is 1090 g/mol. The van der Waals surface area contributed by atoms with E-state index < -0.39 is 89.4 Å². The van der Waals surface area contributed by atoms with E-state index in [0.29, 0.717) is 17.9 Å². The molecule has 20 nitrogen and oxygen atoms in total. The Balaban J connectivity index is 0.804. The van der Waals surface area contributed by atoms with Crippen molar-refractivity contribution in [3.8, 4) is 10.4 Å². The molecule has 3 aliphatic rings. The van der Waals surface area contributed by atoms with Gasteiger partial charge in [-0.15, -0.1) is 11.3 Å². The Labute approximate surface area is 459 Å². The highest BCUT2D eigenvalue weighted by Crippen LogP contribution is 2.43. The molecule has 3 aromatic carbocycles. The molecule has 8 N–H and O–H groups in total. The number of aliphatic hydroxyl groups is 1. The maximum atomic E-state index is 14.1. The number of benzene rings is 3. The molecular formula is C57H74N8O12S. The van der Waals surface area contributed by atoms with Gasteiger partial charge in [0, 0.05) is 57.9 Å².